The van der Waals surface area contributed by atoms with Crippen LogP contribution in [0, 0.1) is 11.6 Å². The minimum atomic E-state index is -4.40. The zero-order valence-electron chi connectivity index (χ0n) is 20.2. The number of hydrogen-bond donors (Lipinski definition) is 1. The number of halogens is 3. The standard InChI is InChI=1S/C25H19ClF2N6O4S/c1-37-25-20(10-15(26)11-29-25)39(35,36)32-17-4-3-16(27)22(23(17)28)14-2-5-18-24(30-13-33(18)12-14)19-6-8-31-34(19)21-7-9-38-21/h2-6,8,10-13,21,32H,7,9H2,1H3. The van der Waals surface area contributed by atoms with Gasteiger partial charge in [0.1, 0.15) is 17.8 Å². The first-order chi connectivity index (χ1) is 18.8. The highest BCUT2D eigenvalue weighted by molar-refractivity contribution is 7.92. The number of benzene rings is 1. The molecule has 5 aromatic rings. The van der Waals surface area contributed by atoms with E-state index in [1.165, 1.54) is 31.9 Å². The Bertz CT molecular complexity index is 1840. The van der Waals surface area contributed by atoms with Crippen LogP contribution in [0.3, 0.4) is 0 Å². The molecule has 1 aliphatic heterocycles. The third-order valence-electron chi connectivity index (χ3n) is 6.28. The number of hydrogen-bond acceptors (Lipinski definition) is 7. The van der Waals surface area contributed by atoms with Crippen LogP contribution in [0.4, 0.5) is 14.5 Å². The van der Waals surface area contributed by atoms with Gasteiger partial charge >= 0.3 is 0 Å². The van der Waals surface area contributed by atoms with Crippen LogP contribution < -0.4 is 9.46 Å². The van der Waals surface area contributed by atoms with E-state index in [1.807, 2.05) is 6.07 Å². The summed E-state index contributed by atoms with van der Waals surface area (Å²) >= 11 is 5.90. The van der Waals surface area contributed by atoms with Crippen LogP contribution in [0.5, 0.6) is 5.88 Å². The van der Waals surface area contributed by atoms with E-state index in [1.54, 1.807) is 21.3 Å². The highest BCUT2D eigenvalue weighted by atomic mass is 35.5. The smallest absolute Gasteiger partial charge is 0.267 e. The van der Waals surface area contributed by atoms with Crippen molar-refractivity contribution in [2.24, 2.45) is 0 Å². The van der Waals surface area contributed by atoms with E-state index in [-0.39, 0.29) is 22.7 Å². The SMILES string of the molecule is COc1ncc(Cl)cc1S(=O)(=O)Nc1ccc(F)c(-c2ccc3c(-c4ccnn4C4CCO4)ncn3c2)c1F. The molecular formula is C25H19ClF2N6O4S. The van der Waals surface area contributed by atoms with E-state index in [4.69, 9.17) is 21.1 Å². The van der Waals surface area contributed by atoms with E-state index in [2.05, 4.69) is 19.8 Å². The predicted octanol–water partition coefficient (Wildman–Crippen LogP) is 4.92. The van der Waals surface area contributed by atoms with Gasteiger partial charge in [-0.05, 0) is 30.3 Å². The van der Waals surface area contributed by atoms with Crippen molar-refractivity contribution in [2.75, 3.05) is 18.4 Å². The Labute approximate surface area is 225 Å². The molecule has 10 nitrogen and oxygen atoms in total. The number of methoxy groups -OCH3 is 1. The number of nitrogens with zero attached hydrogens (tertiary/aromatic N) is 5. The maximum Gasteiger partial charge on any atom is 0.267 e. The molecule has 5 heterocycles. The summed E-state index contributed by atoms with van der Waals surface area (Å²) in [5, 5.41) is 4.37. The average Bonchev–Trinajstić information content (AvgIpc) is 3.51. The normalized spacial score (nSPS) is 15.3. The topological polar surface area (TPSA) is 113 Å². The summed E-state index contributed by atoms with van der Waals surface area (Å²) in [6.45, 7) is 0.660. The third-order valence-corrected chi connectivity index (χ3v) is 7.85. The number of aromatic nitrogens is 5. The molecular weight excluding hydrogens is 554 g/mol. The van der Waals surface area contributed by atoms with Gasteiger partial charge in [-0.3, -0.25) is 4.72 Å². The molecule has 0 aliphatic carbocycles. The number of nitrogens with one attached hydrogen (secondary N) is 1. The third kappa shape index (κ3) is 4.37. The molecule has 1 saturated heterocycles. The number of rotatable bonds is 7. The lowest BCUT2D eigenvalue weighted by Crippen LogP contribution is -2.26. The minimum Gasteiger partial charge on any atom is -0.480 e. The zero-order chi connectivity index (χ0) is 27.3. The molecule has 39 heavy (non-hydrogen) atoms. The Morgan fingerprint density at radius 1 is 1.18 bits per heavy atom. The van der Waals surface area contributed by atoms with E-state index in [0.29, 0.717) is 17.8 Å². The fraction of sp³-hybridized carbons (Fsp3) is 0.160. The van der Waals surface area contributed by atoms with Crippen molar-refractivity contribution < 1.29 is 26.7 Å². The van der Waals surface area contributed by atoms with Crippen LogP contribution in [0.25, 0.3) is 28.0 Å². The predicted molar refractivity (Wildman–Crippen MR) is 138 cm³/mol. The Balaban J connectivity index is 1.37. The van der Waals surface area contributed by atoms with Crippen LogP contribution in [-0.4, -0.2) is 46.3 Å². The van der Waals surface area contributed by atoms with Crippen molar-refractivity contribution in [1.82, 2.24) is 24.1 Å². The van der Waals surface area contributed by atoms with Gasteiger partial charge < -0.3 is 13.9 Å². The summed E-state index contributed by atoms with van der Waals surface area (Å²) in [5.74, 6) is -2.22. The van der Waals surface area contributed by atoms with Gasteiger partial charge in [-0.1, -0.05) is 17.7 Å². The second-order valence-electron chi connectivity index (χ2n) is 8.63. The molecule has 14 heteroatoms. The van der Waals surface area contributed by atoms with Crippen LogP contribution in [-0.2, 0) is 14.8 Å². The number of sulfonamides is 1. The fourth-order valence-corrected chi connectivity index (χ4v) is 5.77. The second kappa shape index (κ2) is 9.59. The van der Waals surface area contributed by atoms with Gasteiger partial charge in [-0.15, -0.1) is 0 Å². The molecule has 1 atom stereocenters. The average molecular weight is 573 g/mol. The largest absolute Gasteiger partial charge is 0.480 e. The molecule has 0 spiro atoms. The molecule has 1 fully saturated rings. The van der Waals surface area contributed by atoms with Gasteiger partial charge in [-0.25, -0.2) is 31.8 Å². The number of anilines is 1. The number of imidazole rings is 1. The molecule has 0 radical (unpaired) electrons. The summed E-state index contributed by atoms with van der Waals surface area (Å²) in [7, 11) is -3.16. The van der Waals surface area contributed by atoms with Crippen molar-refractivity contribution in [3.8, 4) is 28.4 Å². The minimum absolute atomic E-state index is 0.0349. The van der Waals surface area contributed by atoms with Gasteiger partial charge in [-0.2, -0.15) is 5.10 Å². The quantitative estimate of drug-likeness (QED) is 0.294. The van der Waals surface area contributed by atoms with E-state index in [0.717, 1.165) is 30.3 Å². The summed E-state index contributed by atoms with van der Waals surface area (Å²) in [6, 6.07) is 8.11. The summed E-state index contributed by atoms with van der Waals surface area (Å²) in [6.07, 6.45) is 6.57. The number of ether oxygens (including phenoxy) is 2. The first-order valence-corrected chi connectivity index (χ1v) is 13.5. The maximum atomic E-state index is 15.7. The molecule has 1 aliphatic rings. The Kier molecular flexibility index (Phi) is 6.20. The highest BCUT2D eigenvalue weighted by Gasteiger charge is 2.27. The summed E-state index contributed by atoms with van der Waals surface area (Å²) < 4.78 is 72.7. The fourth-order valence-electron chi connectivity index (χ4n) is 4.34. The molecule has 1 unspecified atom stereocenters. The van der Waals surface area contributed by atoms with E-state index >= 15 is 4.39 Å². The van der Waals surface area contributed by atoms with E-state index in [9.17, 15) is 12.8 Å². The van der Waals surface area contributed by atoms with Gasteiger partial charge in [0.25, 0.3) is 10.0 Å². The van der Waals surface area contributed by atoms with Crippen LogP contribution in [0.2, 0.25) is 5.02 Å². The van der Waals surface area contributed by atoms with Crippen LogP contribution in [0.15, 0.2) is 66.2 Å². The number of fused-ring (bicyclic) bond motifs is 1. The van der Waals surface area contributed by atoms with Crippen LogP contribution >= 0.6 is 11.6 Å². The molecule has 1 aromatic carbocycles. The zero-order valence-corrected chi connectivity index (χ0v) is 21.7. The Morgan fingerprint density at radius 3 is 2.74 bits per heavy atom. The monoisotopic (exact) mass is 572 g/mol. The Morgan fingerprint density at radius 2 is 2.00 bits per heavy atom. The van der Waals surface area contributed by atoms with E-state index < -0.39 is 37.8 Å². The first-order valence-electron chi connectivity index (χ1n) is 11.6. The van der Waals surface area contributed by atoms with Gasteiger partial charge in [0.15, 0.2) is 16.9 Å². The lowest BCUT2D eigenvalue weighted by molar-refractivity contribution is -0.105. The van der Waals surface area contributed by atoms with Gasteiger partial charge in [0, 0.05) is 30.6 Å². The maximum absolute atomic E-state index is 15.7. The molecule has 0 saturated carbocycles. The van der Waals surface area contributed by atoms with Crippen molar-refractivity contribution in [2.45, 2.75) is 17.5 Å². The lowest BCUT2D eigenvalue weighted by atomic mass is 10.0. The van der Waals surface area contributed by atoms with Crippen molar-refractivity contribution in [3.63, 3.8) is 0 Å². The summed E-state index contributed by atoms with van der Waals surface area (Å²) in [4.78, 5) is 7.91. The second-order valence-corrected chi connectivity index (χ2v) is 10.7. The Hall–Kier alpha value is -4.07. The summed E-state index contributed by atoms with van der Waals surface area (Å²) in [5.41, 5.74) is 1.33. The first kappa shape index (κ1) is 25.2. The highest BCUT2D eigenvalue weighted by Crippen LogP contribution is 2.35. The number of pyridine rings is 2. The van der Waals surface area contributed by atoms with Crippen LogP contribution in [0.1, 0.15) is 12.6 Å². The van der Waals surface area contributed by atoms with Crippen molar-refractivity contribution in [1.29, 1.82) is 0 Å². The molecule has 0 amide bonds. The van der Waals surface area contributed by atoms with Gasteiger partial charge in [0.2, 0.25) is 5.88 Å². The molecule has 4 aromatic heterocycles. The van der Waals surface area contributed by atoms with Gasteiger partial charge in [0.05, 0.1) is 41.2 Å². The van der Waals surface area contributed by atoms with Crippen molar-refractivity contribution >= 4 is 32.8 Å². The molecule has 1 N–H and O–H groups in total. The molecule has 0 bridgehead atoms. The molecule has 6 rings (SSSR count). The molecule has 200 valence electrons. The van der Waals surface area contributed by atoms with Crippen molar-refractivity contribution in [3.05, 3.63) is 78.0 Å². The lowest BCUT2D eigenvalue weighted by Gasteiger charge is -2.27.